The molecule has 0 radical (unpaired) electrons. The van der Waals surface area contributed by atoms with Gasteiger partial charge in [-0.1, -0.05) is 18.9 Å². The van der Waals surface area contributed by atoms with Crippen LogP contribution in [0.2, 0.25) is 0 Å². The number of rotatable bonds is 6. The van der Waals surface area contributed by atoms with Crippen molar-refractivity contribution in [3.8, 4) is 0 Å². The third kappa shape index (κ3) is 6.07. The number of benzene rings is 1. The SMILES string of the molecule is O=C(NCCc1cnc[nH]1)[C@@H]1C[C@H]2C(=O)NCCCCCCN(S(=O)(=O)c3cccc(F)c3)[C@H]2C1. The molecule has 2 aromatic rings. The fourth-order valence-corrected chi connectivity index (χ4v) is 6.77. The standard InChI is InChI=1S/C24H32FN5O4S/c25-18-6-5-7-20(14-18)35(33,34)30-11-4-2-1-3-9-27-24(32)21-12-17(13-22(21)30)23(31)28-10-8-19-15-26-16-29-19/h5-7,14-17,21-22H,1-4,8-13H2,(H,26,29)(H,27,32)(H,28,31)/t17-,21-,22+/m1/s1. The number of aromatic nitrogens is 2. The molecule has 190 valence electrons. The first kappa shape index (κ1) is 25.3. The lowest BCUT2D eigenvalue weighted by atomic mass is 10.0. The largest absolute Gasteiger partial charge is 0.356 e. The summed E-state index contributed by atoms with van der Waals surface area (Å²) >= 11 is 0. The number of halogens is 1. The van der Waals surface area contributed by atoms with E-state index in [4.69, 9.17) is 0 Å². The number of carbonyl (C=O) groups excluding carboxylic acids is 2. The minimum Gasteiger partial charge on any atom is -0.356 e. The Morgan fingerprint density at radius 1 is 1.20 bits per heavy atom. The lowest BCUT2D eigenvalue weighted by Crippen LogP contribution is -2.47. The van der Waals surface area contributed by atoms with Crippen molar-refractivity contribution in [3.63, 3.8) is 0 Å². The molecule has 1 aliphatic carbocycles. The van der Waals surface area contributed by atoms with Crippen LogP contribution in [-0.2, 0) is 26.0 Å². The summed E-state index contributed by atoms with van der Waals surface area (Å²) in [6, 6.07) is 4.26. The summed E-state index contributed by atoms with van der Waals surface area (Å²) in [7, 11) is -4.07. The zero-order chi connectivity index (χ0) is 24.8. The Morgan fingerprint density at radius 2 is 2.03 bits per heavy atom. The van der Waals surface area contributed by atoms with Crippen LogP contribution in [0.15, 0.2) is 41.7 Å². The molecule has 35 heavy (non-hydrogen) atoms. The van der Waals surface area contributed by atoms with Gasteiger partial charge in [-0.05, 0) is 43.9 Å². The highest BCUT2D eigenvalue weighted by Gasteiger charge is 2.47. The summed E-state index contributed by atoms with van der Waals surface area (Å²) in [6.45, 7) is 1.16. The zero-order valence-corrected chi connectivity index (χ0v) is 20.4. The van der Waals surface area contributed by atoms with Crippen LogP contribution in [0, 0.1) is 17.7 Å². The second-order valence-corrected chi connectivity index (χ2v) is 11.1. The summed E-state index contributed by atoms with van der Waals surface area (Å²) in [5.74, 6) is -2.21. The van der Waals surface area contributed by atoms with Gasteiger partial charge in [0.15, 0.2) is 0 Å². The molecule has 2 amide bonds. The van der Waals surface area contributed by atoms with Crippen molar-refractivity contribution < 1.29 is 22.4 Å². The number of carbonyl (C=O) groups is 2. The van der Waals surface area contributed by atoms with Gasteiger partial charge in [-0.25, -0.2) is 17.8 Å². The molecule has 3 N–H and O–H groups in total. The number of imidazole rings is 1. The fraction of sp³-hybridized carbons (Fsp3) is 0.542. The number of amides is 2. The number of H-pyrrole nitrogens is 1. The lowest BCUT2D eigenvalue weighted by Gasteiger charge is -2.31. The van der Waals surface area contributed by atoms with E-state index in [0.717, 1.165) is 31.0 Å². The molecule has 1 saturated carbocycles. The topological polar surface area (TPSA) is 124 Å². The van der Waals surface area contributed by atoms with E-state index in [9.17, 15) is 22.4 Å². The number of hydrogen-bond donors (Lipinski definition) is 3. The normalized spacial score (nSPS) is 24.3. The number of sulfonamides is 1. The highest BCUT2D eigenvalue weighted by atomic mass is 32.2. The molecule has 0 spiro atoms. The van der Waals surface area contributed by atoms with E-state index in [1.54, 1.807) is 12.5 Å². The lowest BCUT2D eigenvalue weighted by molar-refractivity contribution is -0.126. The van der Waals surface area contributed by atoms with Crippen LogP contribution >= 0.6 is 0 Å². The van der Waals surface area contributed by atoms with E-state index in [-0.39, 0.29) is 36.1 Å². The molecule has 1 aliphatic heterocycles. The van der Waals surface area contributed by atoms with Crippen molar-refractivity contribution in [1.82, 2.24) is 24.9 Å². The number of nitrogens with one attached hydrogen (secondary N) is 3. The predicted octanol–water partition coefficient (Wildman–Crippen LogP) is 1.98. The number of hydrogen-bond acceptors (Lipinski definition) is 5. The van der Waals surface area contributed by atoms with E-state index >= 15 is 0 Å². The molecule has 1 aromatic carbocycles. The van der Waals surface area contributed by atoms with Crippen molar-refractivity contribution in [1.29, 1.82) is 0 Å². The van der Waals surface area contributed by atoms with Crippen LogP contribution in [0.5, 0.6) is 0 Å². The van der Waals surface area contributed by atoms with E-state index in [1.807, 2.05) is 0 Å². The Morgan fingerprint density at radius 3 is 2.80 bits per heavy atom. The number of aromatic amines is 1. The van der Waals surface area contributed by atoms with Crippen LogP contribution in [0.3, 0.4) is 0 Å². The van der Waals surface area contributed by atoms with Gasteiger partial charge in [0, 0.05) is 49.9 Å². The Hall–Kier alpha value is -2.79. The predicted molar refractivity (Wildman–Crippen MR) is 127 cm³/mol. The maximum absolute atomic E-state index is 13.9. The minimum absolute atomic E-state index is 0.140. The fourth-order valence-electron chi connectivity index (χ4n) is 5.03. The molecule has 1 saturated heterocycles. The Labute approximate surface area is 204 Å². The third-order valence-corrected chi connectivity index (χ3v) is 8.78. The highest BCUT2D eigenvalue weighted by molar-refractivity contribution is 7.89. The van der Waals surface area contributed by atoms with Gasteiger partial charge >= 0.3 is 0 Å². The van der Waals surface area contributed by atoms with Crippen molar-refractivity contribution in [2.45, 2.75) is 55.9 Å². The molecular formula is C24H32FN5O4S. The van der Waals surface area contributed by atoms with Crippen molar-refractivity contribution in [3.05, 3.63) is 48.3 Å². The van der Waals surface area contributed by atoms with Crippen LogP contribution < -0.4 is 10.6 Å². The van der Waals surface area contributed by atoms with E-state index < -0.39 is 33.7 Å². The maximum atomic E-state index is 13.9. The zero-order valence-electron chi connectivity index (χ0n) is 19.6. The first-order valence-electron chi connectivity index (χ1n) is 12.2. The quantitative estimate of drug-likeness (QED) is 0.554. The van der Waals surface area contributed by atoms with E-state index in [2.05, 4.69) is 20.6 Å². The maximum Gasteiger partial charge on any atom is 0.243 e. The van der Waals surface area contributed by atoms with Crippen LogP contribution in [0.1, 0.15) is 44.2 Å². The number of fused-ring (bicyclic) bond motifs is 1. The first-order chi connectivity index (χ1) is 16.9. The average molecular weight is 506 g/mol. The van der Waals surface area contributed by atoms with Gasteiger partial charge in [0.2, 0.25) is 21.8 Å². The highest BCUT2D eigenvalue weighted by Crippen LogP contribution is 2.38. The van der Waals surface area contributed by atoms with Gasteiger partial charge in [-0.3, -0.25) is 9.59 Å². The molecule has 9 nitrogen and oxygen atoms in total. The Balaban J connectivity index is 1.56. The summed E-state index contributed by atoms with van der Waals surface area (Å²) in [4.78, 5) is 32.9. The molecule has 2 heterocycles. The van der Waals surface area contributed by atoms with Crippen molar-refractivity contribution in [2.75, 3.05) is 19.6 Å². The van der Waals surface area contributed by atoms with E-state index in [0.29, 0.717) is 25.9 Å². The summed E-state index contributed by atoms with van der Waals surface area (Å²) in [5.41, 5.74) is 0.897. The van der Waals surface area contributed by atoms with Crippen molar-refractivity contribution in [2.24, 2.45) is 11.8 Å². The molecule has 2 aliphatic rings. The summed E-state index contributed by atoms with van der Waals surface area (Å²) in [5, 5.41) is 5.84. The molecule has 3 atom stereocenters. The van der Waals surface area contributed by atoms with Gasteiger partial charge in [0.1, 0.15) is 5.82 Å². The Bertz CT molecular complexity index is 1120. The van der Waals surface area contributed by atoms with Crippen LogP contribution in [-0.4, -0.2) is 60.2 Å². The summed E-state index contributed by atoms with van der Waals surface area (Å²) in [6.07, 6.45) is 7.51. The molecule has 0 bridgehead atoms. The van der Waals surface area contributed by atoms with Gasteiger partial charge < -0.3 is 15.6 Å². The van der Waals surface area contributed by atoms with Gasteiger partial charge in [0.05, 0.1) is 17.1 Å². The smallest absolute Gasteiger partial charge is 0.243 e. The van der Waals surface area contributed by atoms with Crippen LogP contribution in [0.25, 0.3) is 0 Å². The molecule has 0 unspecified atom stereocenters. The first-order valence-corrected chi connectivity index (χ1v) is 13.6. The molecule has 2 fully saturated rings. The van der Waals surface area contributed by atoms with Crippen molar-refractivity contribution >= 4 is 21.8 Å². The van der Waals surface area contributed by atoms with Crippen LogP contribution in [0.4, 0.5) is 4.39 Å². The second kappa shape index (κ2) is 11.3. The second-order valence-electron chi connectivity index (χ2n) is 9.24. The number of nitrogens with zero attached hydrogens (tertiary/aromatic N) is 2. The van der Waals surface area contributed by atoms with E-state index in [1.165, 1.54) is 22.5 Å². The Kier molecular flexibility index (Phi) is 8.17. The van der Waals surface area contributed by atoms with Gasteiger partial charge in [-0.2, -0.15) is 4.31 Å². The monoisotopic (exact) mass is 505 g/mol. The molecule has 4 rings (SSSR count). The molecule has 1 aromatic heterocycles. The van der Waals surface area contributed by atoms with Gasteiger partial charge in [-0.15, -0.1) is 0 Å². The molecule has 11 heteroatoms. The average Bonchev–Trinajstić information content (AvgIpc) is 3.50. The molecular weight excluding hydrogens is 473 g/mol. The third-order valence-electron chi connectivity index (χ3n) is 6.86. The summed E-state index contributed by atoms with van der Waals surface area (Å²) < 4.78 is 42.5. The minimum atomic E-state index is -4.07. The van der Waals surface area contributed by atoms with Gasteiger partial charge in [0.25, 0.3) is 0 Å².